The zero-order valence-corrected chi connectivity index (χ0v) is 18.4. The maximum Gasteiger partial charge on any atom is 0.274 e. The van der Waals surface area contributed by atoms with Crippen LogP contribution in [-0.2, 0) is 5.54 Å². The van der Waals surface area contributed by atoms with Crippen molar-refractivity contribution in [3.8, 4) is 6.07 Å². The summed E-state index contributed by atoms with van der Waals surface area (Å²) in [6.45, 7) is 2.34. The Morgan fingerprint density at radius 3 is 2.62 bits per heavy atom. The highest BCUT2D eigenvalue weighted by molar-refractivity contribution is 8.26. The van der Waals surface area contributed by atoms with Crippen LogP contribution in [0.25, 0.3) is 0 Å². The van der Waals surface area contributed by atoms with E-state index >= 15 is 0 Å². The summed E-state index contributed by atoms with van der Waals surface area (Å²) in [6.07, 6.45) is 1.28. The molecule has 2 aromatic rings. The molecule has 0 aliphatic carbocycles. The van der Waals surface area contributed by atoms with Crippen LogP contribution in [0.1, 0.15) is 28.5 Å². The van der Waals surface area contributed by atoms with Gasteiger partial charge in [0.1, 0.15) is 33.7 Å². The first kappa shape index (κ1) is 22.2. The number of likely N-dealkylation sites (tertiary alicyclic amines) is 1. The molecule has 0 radical (unpaired) electrons. The van der Waals surface area contributed by atoms with Gasteiger partial charge in [-0.3, -0.25) is 18.9 Å². The molecule has 0 saturated carbocycles. The van der Waals surface area contributed by atoms with Crippen LogP contribution in [0, 0.1) is 17.1 Å². The van der Waals surface area contributed by atoms with Crippen LogP contribution in [0.4, 0.5) is 10.1 Å². The Balaban J connectivity index is 1.65. The molecule has 1 atom stereocenters. The number of halogens is 1. The van der Waals surface area contributed by atoms with Gasteiger partial charge in [0.2, 0.25) is 0 Å². The van der Waals surface area contributed by atoms with Crippen LogP contribution in [-0.4, -0.2) is 61.4 Å². The number of aliphatic imine (C=N–C) groups is 1. The molecule has 1 spiro atoms. The van der Waals surface area contributed by atoms with Crippen molar-refractivity contribution in [2.24, 2.45) is 10.7 Å². The van der Waals surface area contributed by atoms with Gasteiger partial charge in [0.15, 0.2) is 0 Å². The second kappa shape index (κ2) is 7.53. The van der Waals surface area contributed by atoms with E-state index in [0.29, 0.717) is 18.7 Å². The predicted molar refractivity (Wildman–Crippen MR) is 120 cm³/mol. The van der Waals surface area contributed by atoms with E-state index in [-0.39, 0.29) is 28.5 Å². The molecule has 4 rings (SSSR count). The topological polar surface area (TPSA) is 148 Å². The third-order valence-corrected chi connectivity index (χ3v) is 8.61. The van der Waals surface area contributed by atoms with Crippen LogP contribution in [0.5, 0.6) is 0 Å². The summed E-state index contributed by atoms with van der Waals surface area (Å²) in [4.78, 5) is 22.9. The largest absolute Gasteiger partial charge is 0.386 e. The van der Waals surface area contributed by atoms with E-state index in [0.717, 1.165) is 0 Å². The number of carbonyl (C=O) groups excluding carboxylic acids is 1. The van der Waals surface area contributed by atoms with E-state index in [2.05, 4.69) is 15.3 Å². The lowest BCUT2D eigenvalue weighted by Gasteiger charge is -2.62. The molecule has 11 heteroatoms. The number of nitrogens with one attached hydrogen (secondary N) is 1. The molecule has 3 heterocycles. The minimum Gasteiger partial charge on any atom is -0.386 e. The second-order valence-corrected chi connectivity index (χ2v) is 10.8. The summed E-state index contributed by atoms with van der Waals surface area (Å²) in [7, 11) is -1.37. The van der Waals surface area contributed by atoms with Gasteiger partial charge in [0.25, 0.3) is 5.91 Å². The Morgan fingerprint density at radius 1 is 1.34 bits per heavy atom. The number of benzene rings is 1. The Morgan fingerprint density at radius 2 is 2.06 bits per heavy atom. The van der Waals surface area contributed by atoms with Crippen molar-refractivity contribution in [1.29, 1.82) is 5.26 Å². The molecule has 0 unspecified atom stereocenters. The van der Waals surface area contributed by atoms with E-state index < -0.39 is 32.6 Å². The third kappa shape index (κ3) is 3.51. The fourth-order valence-corrected chi connectivity index (χ4v) is 6.75. The van der Waals surface area contributed by atoms with Crippen LogP contribution < -0.4 is 11.1 Å². The van der Waals surface area contributed by atoms with E-state index in [1.165, 1.54) is 36.5 Å². The zero-order valence-electron chi connectivity index (χ0n) is 17.5. The number of nitrogens with zero attached hydrogens (tertiary/aromatic N) is 4. The van der Waals surface area contributed by atoms with Gasteiger partial charge in [-0.2, -0.15) is 15.9 Å². The third-order valence-electron chi connectivity index (χ3n) is 5.92. The van der Waals surface area contributed by atoms with Crippen molar-refractivity contribution in [2.75, 3.05) is 31.2 Å². The van der Waals surface area contributed by atoms with Crippen molar-refractivity contribution in [2.45, 2.75) is 17.2 Å². The summed E-state index contributed by atoms with van der Waals surface area (Å²) in [5, 5.41) is 11.5. The van der Waals surface area contributed by atoms with Crippen molar-refractivity contribution < 1.29 is 18.3 Å². The monoisotopic (exact) mass is 458 g/mol. The lowest BCUT2D eigenvalue weighted by atomic mass is 9.91. The molecule has 32 heavy (non-hydrogen) atoms. The molecule has 0 bridgehead atoms. The first-order chi connectivity index (χ1) is 15.0. The molecular formula is C21H23FN6O3S. The number of hydrogen-bond donors (Lipinski definition) is 4. The molecule has 1 aromatic heterocycles. The number of rotatable bonds is 3. The summed E-state index contributed by atoms with van der Waals surface area (Å²) >= 11 is 0. The number of amides is 1. The number of nitriles is 1. The molecule has 2 aliphatic heterocycles. The van der Waals surface area contributed by atoms with Crippen molar-refractivity contribution in [3.63, 3.8) is 0 Å². The number of carbonyl (C=O) groups is 1. The number of aromatic nitrogens is 1. The van der Waals surface area contributed by atoms with Crippen LogP contribution >= 0.6 is 10.6 Å². The van der Waals surface area contributed by atoms with Crippen molar-refractivity contribution in [3.05, 3.63) is 59.2 Å². The molecule has 9 nitrogen and oxygen atoms in total. The Labute approximate surface area is 186 Å². The zero-order chi connectivity index (χ0) is 23.3. The van der Waals surface area contributed by atoms with Crippen LogP contribution in [0.3, 0.4) is 0 Å². The highest BCUT2D eigenvalue weighted by Crippen LogP contribution is 2.62. The van der Waals surface area contributed by atoms with Gasteiger partial charge in [-0.05, 0) is 44.3 Å². The summed E-state index contributed by atoms with van der Waals surface area (Å²) in [5.41, 5.74) is 5.66. The van der Waals surface area contributed by atoms with Crippen molar-refractivity contribution >= 4 is 28.0 Å². The summed E-state index contributed by atoms with van der Waals surface area (Å²) in [5.74, 6) is -1.22. The molecule has 2 aliphatic rings. The van der Waals surface area contributed by atoms with Gasteiger partial charge in [0.05, 0.1) is 11.3 Å². The minimum atomic E-state index is -3.21. The highest BCUT2D eigenvalue weighted by atomic mass is 32.3. The molecule has 1 saturated heterocycles. The van der Waals surface area contributed by atoms with Gasteiger partial charge in [-0.15, -0.1) is 0 Å². The normalized spacial score (nSPS) is 24.7. The maximum absolute atomic E-state index is 14.8. The average Bonchev–Trinajstić information content (AvgIpc) is 2.71. The molecule has 1 aromatic carbocycles. The number of nitrogens with two attached hydrogens (primary N) is 1. The lowest BCUT2D eigenvalue weighted by Crippen LogP contribution is -2.71. The SMILES string of the molecule is CN1CC2(C1)C(N)=N[C@](C)(c1cc(NC(=O)c3ccc(C#N)cn3)ccc1F)CS2(O)O. The number of pyridine rings is 1. The van der Waals surface area contributed by atoms with Gasteiger partial charge in [-0.25, -0.2) is 9.37 Å². The summed E-state index contributed by atoms with van der Waals surface area (Å²) < 4.78 is 35.7. The van der Waals surface area contributed by atoms with Crippen LogP contribution in [0.2, 0.25) is 0 Å². The lowest BCUT2D eigenvalue weighted by molar-refractivity contribution is 0.102. The Bertz CT molecular complexity index is 1160. The average molecular weight is 459 g/mol. The van der Waals surface area contributed by atoms with Gasteiger partial charge >= 0.3 is 0 Å². The van der Waals surface area contributed by atoms with Gasteiger partial charge < -0.3 is 16.0 Å². The van der Waals surface area contributed by atoms with E-state index in [9.17, 15) is 18.3 Å². The second-order valence-electron chi connectivity index (χ2n) is 8.44. The molecule has 1 amide bonds. The first-order valence-corrected chi connectivity index (χ1v) is 11.5. The Hall–Kier alpha value is -3.04. The van der Waals surface area contributed by atoms with E-state index in [1.54, 1.807) is 6.92 Å². The quantitative estimate of drug-likeness (QED) is 0.552. The number of anilines is 1. The molecule has 168 valence electrons. The minimum absolute atomic E-state index is 0.0891. The molecule has 1 fully saturated rings. The number of amidine groups is 1. The van der Waals surface area contributed by atoms with Gasteiger partial charge in [0, 0.05) is 30.5 Å². The maximum atomic E-state index is 14.8. The van der Waals surface area contributed by atoms with Crippen molar-refractivity contribution in [1.82, 2.24) is 9.88 Å². The van der Waals surface area contributed by atoms with E-state index in [1.807, 2.05) is 18.0 Å². The first-order valence-electron chi connectivity index (χ1n) is 9.77. The standard InChI is InChI=1S/C21H23FN6O3S/c1-20(12-32(30,31)21(19(24)27-20)10-28(2)11-21)15-7-14(4-5-16(15)22)26-18(29)17-6-3-13(8-23)9-25-17/h3-7,9,30-31H,10-12H2,1-2H3,(H2,24,27)(H,26,29)/t20-/m0/s1. The fourth-order valence-electron chi connectivity index (χ4n) is 4.24. The van der Waals surface area contributed by atoms with Crippen LogP contribution in [0.15, 0.2) is 41.5 Å². The van der Waals surface area contributed by atoms with Gasteiger partial charge in [-0.1, -0.05) is 0 Å². The summed E-state index contributed by atoms with van der Waals surface area (Å²) in [6, 6.07) is 8.79. The molecule has 5 N–H and O–H groups in total. The molecular weight excluding hydrogens is 435 g/mol. The smallest absolute Gasteiger partial charge is 0.274 e. The highest BCUT2D eigenvalue weighted by Gasteiger charge is 2.59. The number of hydrogen-bond acceptors (Lipinski definition) is 8. The van der Waals surface area contributed by atoms with E-state index in [4.69, 9.17) is 11.0 Å². The Kier molecular flexibility index (Phi) is 5.21. The fraction of sp³-hybridized carbons (Fsp3) is 0.333. The predicted octanol–water partition coefficient (Wildman–Crippen LogP) is 2.37.